The Kier molecular flexibility index (Phi) is 4.49. The number of aromatic nitrogens is 1. The Morgan fingerprint density at radius 2 is 1.93 bits per heavy atom. The van der Waals surface area contributed by atoms with Gasteiger partial charge in [0.05, 0.1) is 23.4 Å². The molecule has 1 heterocycles. The van der Waals surface area contributed by atoms with Crippen molar-refractivity contribution >= 4 is 16.9 Å². The number of carbonyl (C=O) groups is 1. The van der Waals surface area contributed by atoms with Crippen molar-refractivity contribution in [3.05, 3.63) is 59.3 Å². The Morgan fingerprint density at radius 3 is 2.57 bits per heavy atom. The molecule has 0 unspecified atom stereocenters. The number of hydrogen-bond acceptors (Lipinski definition) is 3. The van der Waals surface area contributed by atoms with Gasteiger partial charge in [-0.15, -0.1) is 0 Å². The van der Waals surface area contributed by atoms with Gasteiger partial charge in [0.1, 0.15) is 5.82 Å². The number of nitrogens with zero attached hydrogens (tertiary/aromatic N) is 1. The minimum atomic E-state index is -1.04. The van der Waals surface area contributed by atoms with E-state index in [0.717, 1.165) is 19.0 Å². The normalized spacial score (nSPS) is 13.9. The first-order valence-corrected chi connectivity index (χ1v) is 9.17. The van der Waals surface area contributed by atoms with Crippen LogP contribution < -0.4 is 4.74 Å². The molecule has 1 N–H and O–H groups in total. The SMILES string of the molecule is CC(C)c1cc(-c2c(F)cnc3cc(OC4CC4)c(F)cc23)ccc1C(=O)O. The molecule has 1 aliphatic carbocycles. The highest BCUT2D eigenvalue weighted by atomic mass is 19.1. The highest BCUT2D eigenvalue weighted by Crippen LogP contribution is 2.37. The Balaban J connectivity index is 1.90. The monoisotopic (exact) mass is 383 g/mol. The van der Waals surface area contributed by atoms with Gasteiger partial charge < -0.3 is 9.84 Å². The minimum Gasteiger partial charge on any atom is -0.487 e. The molecule has 6 heteroatoms. The molecule has 0 aliphatic heterocycles. The quantitative estimate of drug-likeness (QED) is 0.628. The maximum Gasteiger partial charge on any atom is 0.335 e. The van der Waals surface area contributed by atoms with E-state index in [1.165, 1.54) is 18.2 Å². The van der Waals surface area contributed by atoms with Crippen molar-refractivity contribution in [2.45, 2.75) is 38.7 Å². The fourth-order valence-corrected chi connectivity index (χ4v) is 3.31. The lowest BCUT2D eigenvalue weighted by molar-refractivity contribution is 0.0695. The van der Waals surface area contributed by atoms with Crippen molar-refractivity contribution in [1.29, 1.82) is 0 Å². The summed E-state index contributed by atoms with van der Waals surface area (Å²) < 4.78 is 34.8. The molecule has 3 aromatic rings. The molecule has 2 aromatic carbocycles. The summed E-state index contributed by atoms with van der Waals surface area (Å²) in [5.41, 5.74) is 1.85. The summed E-state index contributed by atoms with van der Waals surface area (Å²) >= 11 is 0. The molecule has 0 spiro atoms. The summed E-state index contributed by atoms with van der Waals surface area (Å²) in [5.74, 6) is -2.16. The minimum absolute atomic E-state index is 0.0315. The lowest BCUT2D eigenvalue weighted by Crippen LogP contribution is -2.04. The van der Waals surface area contributed by atoms with Crippen LogP contribution in [0.25, 0.3) is 22.0 Å². The summed E-state index contributed by atoms with van der Waals surface area (Å²) in [5, 5.41) is 9.72. The lowest BCUT2D eigenvalue weighted by Gasteiger charge is -2.15. The Labute approximate surface area is 160 Å². The predicted octanol–water partition coefficient (Wildman–Crippen LogP) is 5.54. The van der Waals surface area contributed by atoms with Crippen LogP contribution in [0.5, 0.6) is 5.75 Å². The third-order valence-electron chi connectivity index (χ3n) is 4.89. The third-order valence-corrected chi connectivity index (χ3v) is 4.89. The van der Waals surface area contributed by atoms with E-state index >= 15 is 0 Å². The van der Waals surface area contributed by atoms with Crippen LogP contribution in [0.1, 0.15) is 48.5 Å². The van der Waals surface area contributed by atoms with Crippen LogP contribution in [0, 0.1) is 11.6 Å². The molecule has 4 nitrogen and oxygen atoms in total. The number of pyridine rings is 1. The maximum atomic E-state index is 14.7. The summed E-state index contributed by atoms with van der Waals surface area (Å²) in [6.07, 6.45) is 2.92. The predicted molar refractivity (Wildman–Crippen MR) is 102 cm³/mol. The van der Waals surface area contributed by atoms with Crippen molar-refractivity contribution < 1.29 is 23.4 Å². The third kappa shape index (κ3) is 3.30. The number of ether oxygens (including phenoxy) is 1. The van der Waals surface area contributed by atoms with Gasteiger partial charge in [-0.05, 0) is 48.1 Å². The first kappa shape index (κ1) is 18.3. The van der Waals surface area contributed by atoms with Crippen LogP contribution in [0.15, 0.2) is 36.5 Å². The molecule has 1 fully saturated rings. The average Bonchev–Trinajstić information content (AvgIpc) is 3.46. The zero-order chi connectivity index (χ0) is 20.0. The second-order valence-corrected chi connectivity index (χ2v) is 7.36. The standard InChI is InChI=1S/C22H19F2NO3/c1-11(2)15-7-12(3-6-14(15)22(26)27)21-16-8-17(23)20(28-13-4-5-13)9-19(16)25-10-18(21)24/h3,6-11,13H,4-5H2,1-2H3,(H,26,27). The molecule has 1 aromatic heterocycles. The summed E-state index contributed by atoms with van der Waals surface area (Å²) in [4.78, 5) is 15.6. The van der Waals surface area contributed by atoms with E-state index in [2.05, 4.69) is 4.98 Å². The van der Waals surface area contributed by atoms with Crippen LogP contribution in [0.2, 0.25) is 0 Å². The van der Waals surface area contributed by atoms with E-state index in [1.807, 2.05) is 13.8 Å². The number of halogens is 2. The molecule has 144 valence electrons. The van der Waals surface area contributed by atoms with Gasteiger partial charge in [0.25, 0.3) is 0 Å². The van der Waals surface area contributed by atoms with Crippen LogP contribution in [0.4, 0.5) is 8.78 Å². The van der Waals surface area contributed by atoms with Gasteiger partial charge in [0, 0.05) is 17.0 Å². The number of carboxylic acids is 1. The number of fused-ring (bicyclic) bond motifs is 1. The van der Waals surface area contributed by atoms with E-state index in [4.69, 9.17) is 4.74 Å². The highest BCUT2D eigenvalue weighted by Gasteiger charge is 2.26. The molecule has 0 amide bonds. The van der Waals surface area contributed by atoms with Gasteiger partial charge in [-0.1, -0.05) is 19.9 Å². The fourth-order valence-electron chi connectivity index (χ4n) is 3.31. The number of hydrogen-bond donors (Lipinski definition) is 1. The first-order valence-electron chi connectivity index (χ1n) is 9.17. The number of rotatable bonds is 5. The largest absolute Gasteiger partial charge is 0.487 e. The average molecular weight is 383 g/mol. The molecule has 0 radical (unpaired) electrons. The van der Waals surface area contributed by atoms with Gasteiger partial charge in [-0.3, -0.25) is 4.98 Å². The maximum absolute atomic E-state index is 14.7. The van der Waals surface area contributed by atoms with Crippen molar-refractivity contribution in [1.82, 2.24) is 4.98 Å². The Morgan fingerprint density at radius 1 is 1.18 bits per heavy atom. The van der Waals surface area contributed by atoms with Crippen LogP contribution in [-0.2, 0) is 0 Å². The van der Waals surface area contributed by atoms with E-state index in [-0.39, 0.29) is 28.9 Å². The zero-order valence-corrected chi connectivity index (χ0v) is 15.5. The van der Waals surface area contributed by atoms with Gasteiger partial charge in [-0.25, -0.2) is 13.6 Å². The Hall–Kier alpha value is -3.02. The second-order valence-electron chi connectivity index (χ2n) is 7.36. The molecule has 0 bridgehead atoms. The van der Waals surface area contributed by atoms with Crippen molar-refractivity contribution in [3.63, 3.8) is 0 Å². The van der Waals surface area contributed by atoms with E-state index in [9.17, 15) is 18.7 Å². The summed E-state index contributed by atoms with van der Waals surface area (Å²) in [7, 11) is 0. The molecule has 28 heavy (non-hydrogen) atoms. The smallest absolute Gasteiger partial charge is 0.335 e. The zero-order valence-electron chi connectivity index (χ0n) is 15.5. The van der Waals surface area contributed by atoms with E-state index in [1.54, 1.807) is 12.1 Å². The Bertz CT molecular complexity index is 1090. The molecular weight excluding hydrogens is 364 g/mol. The van der Waals surface area contributed by atoms with Crippen LogP contribution >= 0.6 is 0 Å². The molecule has 1 aliphatic rings. The number of carboxylic acid groups (broad SMARTS) is 1. The number of benzene rings is 2. The van der Waals surface area contributed by atoms with E-state index < -0.39 is 17.6 Å². The molecule has 0 saturated heterocycles. The van der Waals surface area contributed by atoms with Crippen LogP contribution in [-0.4, -0.2) is 22.2 Å². The molecular formula is C22H19F2NO3. The second kappa shape index (κ2) is 6.86. The van der Waals surface area contributed by atoms with E-state index in [0.29, 0.717) is 22.0 Å². The van der Waals surface area contributed by atoms with Gasteiger partial charge in [0.15, 0.2) is 11.6 Å². The summed E-state index contributed by atoms with van der Waals surface area (Å²) in [6, 6.07) is 7.37. The highest BCUT2D eigenvalue weighted by molar-refractivity contribution is 5.97. The first-order chi connectivity index (χ1) is 13.3. The molecule has 4 rings (SSSR count). The van der Waals surface area contributed by atoms with Gasteiger partial charge in [-0.2, -0.15) is 0 Å². The van der Waals surface area contributed by atoms with Crippen molar-refractivity contribution in [2.24, 2.45) is 0 Å². The van der Waals surface area contributed by atoms with Gasteiger partial charge >= 0.3 is 5.97 Å². The summed E-state index contributed by atoms with van der Waals surface area (Å²) in [6.45, 7) is 3.74. The van der Waals surface area contributed by atoms with Gasteiger partial charge in [0.2, 0.25) is 0 Å². The topological polar surface area (TPSA) is 59.4 Å². The number of aromatic carboxylic acids is 1. The van der Waals surface area contributed by atoms with Crippen molar-refractivity contribution in [2.75, 3.05) is 0 Å². The fraction of sp³-hybridized carbons (Fsp3) is 0.273. The lowest BCUT2D eigenvalue weighted by atomic mass is 9.91. The molecule has 0 atom stereocenters. The van der Waals surface area contributed by atoms with Crippen molar-refractivity contribution in [3.8, 4) is 16.9 Å². The molecule has 1 saturated carbocycles. The van der Waals surface area contributed by atoms with Crippen LogP contribution in [0.3, 0.4) is 0 Å².